The minimum Gasteiger partial charge on any atom is -0.457 e. The van der Waals surface area contributed by atoms with Crippen molar-refractivity contribution in [1.29, 1.82) is 0 Å². The number of hydrogen-bond acceptors (Lipinski definition) is 4. The summed E-state index contributed by atoms with van der Waals surface area (Å²) in [6.07, 6.45) is 0. The van der Waals surface area contributed by atoms with Gasteiger partial charge in [-0.05, 0) is 115 Å². The molecule has 12 aromatic rings. The summed E-state index contributed by atoms with van der Waals surface area (Å²) in [5.41, 5.74) is 17.6. The summed E-state index contributed by atoms with van der Waals surface area (Å²) in [6.45, 7) is 0. The Labute approximate surface area is 391 Å². The van der Waals surface area contributed by atoms with Gasteiger partial charge in [0.2, 0.25) is 0 Å². The molecule has 3 heterocycles. The van der Waals surface area contributed by atoms with Gasteiger partial charge >= 0.3 is 0 Å². The molecule has 10 aromatic carbocycles. The lowest BCUT2D eigenvalue weighted by Crippen LogP contribution is -2.32. The Kier molecular flexibility index (Phi) is 8.37. The molecule has 1 aliphatic heterocycles. The van der Waals surface area contributed by atoms with E-state index in [4.69, 9.17) is 14.7 Å². The topological polar surface area (TPSA) is 35.0 Å². The first-order valence-electron chi connectivity index (χ1n) is 22.8. The average Bonchev–Trinajstić information content (AvgIpc) is 3.91. The largest absolute Gasteiger partial charge is 0.457 e. The molecule has 0 radical (unpaired) electrons. The van der Waals surface area contributed by atoms with Crippen molar-refractivity contribution in [3.8, 4) is 78.7 Å². The highest BCUT2D eigenvalue weighted by Gasteiger charge is 2.51. The molecule has 3 nitrogen and oxygen atoms in total. The first-order chi connectivity index (χ1) is 33.2. The van der Waals surface area contributed by atoms with Crippen molar-refractivity contribution >= 4 is 42.4 Å². The number of benzene rings is 10. The summed E-state index contributed by atoms with van der Waals surface area (Å²) in [4.78, 5) is 10.8. The Morgan fingerprint density at radius 2 is 0.940 bits per heavy atom. The predicted molar refractivity (Wildman–Crippen MR) is 277 cm³/mol. The summed E-state index contributed by atoms with van der Waals surface area (Å²) >= 11 is 1.76. The van der Waals surface area contributed by atoms with Crippen LogP contribution in [0.25, 0.3) is 98.2 Å². The summed E-state index contributed by atoms with van der Waals surface area (Å²) in [6, 6.07) is 83.3. The second kappa shape index (κ2) is 14.8. The summed E-state index contributed by atoms with van der Waals surface area (Å²) in [7, 11) is 0. The van der Waals surface area contributed by atoms with Crippen molar-refractivity contribution in [2.24, 2.45) is 0 Å². The lowest BCUT2D eigenvalue weighted by Gasteiger charge is -2.39. The van der Waals surface area contributed by atoms with Gasteiger partial charge in [-0.2, -0.15) is 0 Å². The number of ether oxygens (including phenoxy) is 1. The van der Waals surface area contributed by atoms with Gasteiger partial charge in [-0.15, -0.1) is 11.3 Å². The van der Waals surface area contributed by atoms with E-state index in [-0.39, 0.29) is 0 Å². The Morgan fingerprint density at radius 3 is 1.75 bits per heavy atom. The van der Waals surface area contributed by atoms with Crippen LogP contribution in [0.3, 0.4) is 0 Å². The van der Waals surface area contributed by atoms with Gasteiger partial charge in [-0.3, -0.25) is 0 Å². The molecule has 2 aromatic heterocycles. The molecule has 0 N–H and O–H groups in total. The third-order valence-electron chi connectivity index (χ3n) is 13.9. The lowest BCUT2D eigenvalue weighted by atomic mass is 9.65. The predicted octanol–water partition coefficient (Wildman–Crippen LogP) is 16.8. The molecule has 0 bridgehead atoms. The van der Waals surface area contributed by atoms with Crippen molar-refractivity contribution in [2.45, 2.75) is 5.41 Å². The second-order valence-electron chi connectivity index (χ2n) is 17.6. The number of thiophene rings is 1. The fourth-order valence-corrected chi connectivity index (χ4v) is 12.1. The van der Waals surface area contributed by atoms with Crippen molar-refractivity contribution in [2.75, 3.05) is 0 Å². The standard InChI is InChI=1S/C63H38N2OS/c1-2-16-39(17-3-1)40-20-15-23-46(35-40)62-64-59(61-60(65-62)50-26-8-13-31-58(50)67-61)49-25-7-6-24-47(49)45-22-14-21-41(34-45)44-32-33-48-51-36-42-18-4-5-19-43(42)37-55(51)63(54(48)38-44)52-27-9-11-29-56(52)66-57-30-12-10-28-53(57)63/h1-38H. The average molecular weight is 871 g/mol. The highest BCUT2D eigenvalue weighted by molar-refractivity contribution is 7.26. The number of fused-ring (bicyclic) bond motifs is 13. The van der Waals surface area contributed by atoms with Crippen LogP contribution in [0.15, 0.2) is 231 Å². The molecule has 2 aliphatic rings. The number of nitrogens with zero attached hydrogens (tertiary/aromatic N) is 2. The van der Waals surface area contributed by atoms with Crippen LogP contribution in [0.2, 0.25) is 0 Å². The minimum atomic E-state index is -0.582. The molecular formula is C63H38N2OS. The van der Waals surface area contributed by atoms with Crippen LogP contribution in [-0.2, 0) is 5.41 Å². The molecule has 1 aliphatic carbocycles. The Balaban J connectivity index is 0.947. The zero-order valence-electron chi connectivity index (χ0n) is 36.2. The summed E-state index contributed by atoms with van der Waals surface area (Å²) < 4.78 is 8.98. The van der Waals surface area contributed by atoms with E-state index >= 15 is 0 Å². The molecule has 312 valence electrons. The molecule has 4 heteroatoms. The lowest BCUT2D eigenvalue weighted by molar-refractivity contribution is 0.436. The first kappa shape index (κ1) is 37.9. The van der Waals surface area contributed by atoms with Crippen LogP contribution in [-0.4, -0.2) is 9.97 Å². The Hall–Kier alpha value is -8.44. The Morgan fingerprint density at radius 1 is 0.358 bits per heavy atom. The fraction of sp³-hybridized carbons (Fsp3) is 0.0159. The highest BCUT2D eigenvalue weighted by atomic mass is 32.1. The van der Waals surface area contributed by atoms with E-state index in [1.165, 1.54) is 37.7 Å². The van der Waals surface area contributed by atoms with Gasteiger partial charge in [-0.25, -0.2) is 9.97 Å². The Bertz CT molecular complexity index is 3930. The molecule has 0 saturated heterocycles. The van der Waals surface area contributed by atoms with Gasteiger partial charge in [0.1, 0.15) is 11.5 Å². The van der Waals surface area contributed by atoms with Gasteiger partial charge in [0.05, 0.1) is 21.3 Å². The maximum atomic E-state index is 6.70. The van der Waals surface area contributed by atoms with Gasteiger partial charge in [0, 0.05) is 32.3 Å². The SMILES string of the molecule is c1ccc(-c2cccc(-c3nc(-c4ccccc4-c4cccc(-c5ccc6c(c5)C5(c7ccccc7Oc7ccccc75)c5cc7ccccc7cc5-6)c4)c4sc5ccccc5c4n3)c2)cc1. The van der Waals surface area contributed by atoms with Crippen molar-refractivity contribution in [3.63, 3.8) is 0 Å². The third-order valence-corrected chi connectivity index (χ3v) is 15.1. The monoisotopic (exact) mass is 870 g/mol. The quantitative estimate of drug-likeness (QED) is 0.173. The van der Waals surface area contributed by atoms with Crippen LogP contribution < -0.4 is 4.74 Å². The van der Waals surface area contributed by atoms with Gasteiger partial charge in [0.25, 0.3) is 0 Å². The molecule has 14 rings (SSSR count). The normalized spacial score (nSPS) is 13.0. The van der Waals surface area contributed by atoms with Crippen LogP contribution in [0.5, 0.6) is 11.5 Å². The van der Waals surface area contributed by atoms with Crippen LogP contribution >= 0.6 is 11.3 Å². The second-order valence-corrected chi connectivity index (χ2v) is 18.6. The third kappa shape index (κ3) is 5.76. The van der Waals surface area contributed by atoms with E-state index in [0.717, 1.165) is 88.4 Å². The number of hydrogen-bond donors (Lipinski definition) is 0. The smallest absolute Gasteiger partial charge is 0.160 e. The van der Waals surface area contributed by atoms with Crippen molar-refractivity contribution in [3.05, 3.63) is 253 Å². The van der Waals surface area contributed by atoms with Crippen LogP contribution in [0, 0.1) is 0 Å². The number of aromatic nitrogens is 2. The molecule has 0 saturated carbocycles. The molecule has 0 unspecified atom stereocenters. The van der Waals surface area contributed by atoms with E-state index in [0.29, 0.717) is 5.82 Å². The number of rotatable bonds is 5. The van der Waals surface area contributed by atoms with Gasteiger partial charge < -0.3 is 4.74 Å². The maximum absolute atomic E-state index is 6.70. The summed E-state index contributed by atoms with van der Waals surface area (Å²) in [5, 5.41) is 3.61. The van der Waals surface area contributed by atoms with E-state index < -0.39 is 5.41 Å². The fourth-order valence-electron chi connectivity index (χ4n) is 10.9. The minimum absolute atomic E-state index is 0.582. The zero-order chi connectivity index (χ0) is 44.1. The molecule has 0 amide bonds. The molecular weight excluding hydrogens is 833 g/mol. The van der Waals surface area contributed by atoms with Gasteiger partial charge in [0.15, 0.2) is 5.82 Å². The van der Waals surface area contributed by atoms with Crippen LogP contribution in [0.1, 0.15) is 22.3 Å². The molecule has 0 atom stereocenters. The van der Waals surface area contributed by atoms with Crippen LogP contribution in [0.4, 0.5) is 0 Å². The van der Waals surface area contributed by atoms with E-state index in [1.54, 1.807) is 11.3 Å². The molecule has 0 fully saturated rings. The first-order valence-corrected chi connectivity index (χ1v) is 23.6. The zero-order valence-corrected chi connectivity index (χ0v) is 37.0. The van der Waals surface area contributed by atoms with Crippen molar-refractivity contribution < 1.29 is 4.74 Å². The maximum Gasteiger partial charge on any atom is 0.160 e. The van der Waals surface area contributed by atoms with E-state index in [9.17, 15) is 0 Å². The number of para-hydroxylation sites is 2. The summed E-state index contributed by atoms with van der Waals surface area (Å²) in [5.74, 6) is 2.49. The molecule has 67 heavy (non-hydrogen) atoms. The van der Waals surface area contributed by atoms with E-state index in [2.05, 4.69) is 231 Å². The molecule has 1 spiro atoms. The highest BCUT2D eigenvalue weighted by Crippen LogP contribution is 2.63. The van der Waals surface area contributed by atoms with Gasteiger partial charge in [-0.1, -0.05) is 182 Å². The van der Waals surface area contributed by atoms with E-state index in [1.807, 2.05) is 0 Å². The van der Waals surface area contributed by atoms with Crippen molar-refractivity contribution in [1.82, 2.24) is 9.97 Å².